The molecule has 0 saturated heterocycles. The van der Waals surface area contributed by atoms with Crippen molar-refractivity contribution in [3.05, 3.63) is 35.9 Å². The van der Waals surface area contributed by atoms with E-state index in [-0.39, 0.29) is 30.3 Å². The van der Waals surface area contributed by atoms with Gasteiger partial charge in [-0.05, 0) is 26.3 Å². The fourth-order valence-electron chi connectivity index (χ4n) is 2.22. The summed E-state index contributed by atoms with van der Waals surface area (Å²) in [5.41, 5.74) is 0.329. The second-order valence-corrected chi connectivity index (χ2v) is 7.57. The van der Waals surface area contributed by atoms with Gasteiger partial charge in [0.2, 0.25) is 0 Å². The SMILES string of the molecule is COCC(CNC(=O)OC(C)(C)C)[N+](C)(C)C(=O)OCc1ccccc1. The average Bonchev–Trinajstić information content (AvgIpc) is 2.55. The van der Waals surface area contributed by atoms with Gasteiger partial charge in [-0.2, -0.15) is 4.79 Å². The van der Waals surface area contributed by atoms with Gasteiger partial charge in [0, 0.05) is 7.11 Å². The van der Waals surface area contributed by atoms with Gasteiger partial charge in [0.25, 0.3) is 0 Å². The van der Waals surface area contributed by atoms with E-state index in [1.54, 1.807) is 42.0 Å². The Bertz CT molecular complexity index is 581. The van der Waals surface area contributed by atoms with Crippen LogP contribution >= 0.6 is 0 Å². The quantitative estimate of drug-likeness (QED) is 0.750. The lowest BCUT2D eigenvalue weighted by atomic mass is 10.2. The van der Waals surface area contributed by atoms with Gasteiger partial charge in [0.1, 0.15) is 24.9 Å². The first-order valence-corrected chi connectivity index (χ1v) is 8.57. The zero-order valence-corrected chi connectivity index (χ0v) is 16.6. The molecule has 7 heteroatoms. The number of nitrogens with one attached hydrogen (secondary N) is 1. The van der Waals surface area contributed by atoms with Crippen LogP contribution in [0.1, 0.15) is 26.3 Å². The molecule has 0 aromatic heterocycles. The number of amides is 2. The molecule has 0 aliphatic carbocycles. The third kappa shape index (κ3) is 7.41. The second kappa shape index (κ2) is 9.54. The molecule has 0 saturated carbocycles. The summed E-state index contributed by atoms with van der Waals surface area (Å²) in [7, 11) is 5.01. The first kappa shape index (κ1) is 21.9. The molecule has 1 aromatic rings. The van der Waals surface area contributed by atoms with Crippen molar-refractivity contribution in [2.24, 2.45) is 0 Å². The Morgan fingerprint density at radius 1 is 1.15 bits per heavy atom. The van der Waals surface area contributed by atoms with Gasteiger partial charge in [-0.1, -0.05) is 30.3 Å². The predicted molar refractivity (Wildman–Crippen MR) is 98.6 cm³/mol. The highest BCUT2D eigenvalue weighted by Gasteiger charge is 2.38. The van der Waals surface area contributed by atoms with Gasteiger partial charge in [-0.25, -0.2) is 9.28 Å². The number of carbonyl (C=O) groups is 2. The highest BCUT2D eigenvalue weighted by Crippen LogP contribution is 2.13. The predicted octanol–water partition coefficient (Wildman–Crippen LogP) is 2.94. The van der Waals surface area contributed by atoms with E-state index in [9.17, 15) is 9.59 Å². The number of nitrogens with zero attached hydrogens (tertiary/aromatic N) is 1. The standard InChI is InChI=1S/C19H30N2O5/c1-19(2,3)26-17(22)20-12-16(14-24-6)21(4,5)18(23)25-13-15-10-8-7-9-11-15/h7-11,16H,12-14H2,1-6H3/p+1. The van der Waals surface area contributed by atoms with Crippen LogP contribution in [0.4, 0.5) is 9.59 Å². The summed E-state index contributed by atoms with van der Waals surface area (Å²) >= 11 is 0. The Kier molecular flexibility index (Phi) is 8.05. The fourth-order valence-corrected chi connectivity index (χ4v) is 2.22. The van der Waals surface area contributed by atoms with Crippen LogP contribution in [0.15, 0.2) is 30.3 Å². The molecule has 0 fully saturated rings. The van der Waals surface area contributed by atoms with E-state index in [0.29, 0.717) is 0 Å². The molecule has 0 heterocycles. The number of benzene rings is 1. The van der Waals surface area contributed by atoms with Crippen LogP contribution in [0.2, 0.25) is 0 Å². The Morgan fingerprint density at radius 2 is 1.77 bits per heavy atom. The molecule has 1 N–H and O–H groups in total. The van der Waals surface area contributed by atoms with Crippen molar-refractivity contribution < 1.29 is 28.3 Å². The molecule has 1 aromatic carbocycles. The van der Waals surface area contributed by atoms with Crippen LogP contribution in [-0.2, 0) is 20.8 Å². The minimum absolute atomic E-state index is 0.0868. The first-order valence-electron chi connectivity index (χ1n) is 8.57. The number of likely N-dealkylation sites (N-methyl/N-ethyl adjacent to an activating group) is 1. The maximum Gasteiger partial charge on any atom is 0.516 e. The van der Waals surface area contributed by atoms with Gasteiger partial charge in [0.15, 0.2) is 0 Å². The van der Waals surface area contributed by atoms with E-state index in [4.69, 9.17) is 14.2 Å². The number of hydrogen-bond acceptors (Lipinski definition) is 5. The molecule has 0 aliphatic rings. The Labute approximate surface area is 155 Å². The number of quaternary nitrogens is 1. The molecular formula is C19H31N2O5+. The highest BCUT2D eigenvalue weighted by atomic mass is 16.6. The molecule has 2 amide bonds. The van der Waals surface area contributed by atoms with Crippen molar-refractivity contribution in [2.45, 2.75) is 39.0 Å². The van der Waals surface area contributed by atoms with Crippen LogP contribution in [0.5, 0.6) is 0 Å². The van der Waals surface area contributed by atoms with Crippen LogP contribution in [-0.4, -0.2) is 62.7 Å². The van der Waals surface area contributed by atoms with Crippen molar-refractivity contribution in [3.8, 4) is 0 Å². The lowest BCUT2D eigenvalue weighted by molar-refractivity contribution is -0.843. The number of ether oxygens (including phenoxy) is 3. The van der Waals surface area contributed by atoms with E-state index in [1.165, 1.54) is 0 Å². The molecule has 1 unspecified atom stereocenters. The van der Waals surface area contributed by atoms with Crippen molar-refractivity contribution in [1.29, 1.82) is 0 Å². The van der Waals surface area contributed by atoms with E-state index in [2.05, 4.69) is 5.32 Å². The van der Waals surface area contributed by atoms with Crippen molar-refractivity contribution in [1.82, 2.24) is 5.32 Å². The minimum atomic E-state index is -0.584. The smallest absolute Gasteiger partial charge is 0.444 e. The van der Waals surface area contributed by atoms with E-state index >= 15 is 0 Å². The van der Waals surface area contributed by atoms with Gasteiger partial charge in [0.05, 0.1) is 20.6 Å². The second-order valence-electron chi connectivity index (χ2n) is 7.57. The maximum atomic E-state index is 12.6. The van der Waals surface area contributed by atoms with Crippen molar-refractivity contribution in [2.75, 3.05) is 34.4 Å². The lowest BCUT2D eigenvalue weighted by Crippen LogP contribution is -2.59. The maximum absolute atomic E-state index is 12.6. The molecule has 0 bridgehead atoms. The molecule has 1 atom stereocenters. The monoisotopic (exact) mass is 367 g/mol. The minimum Gasteiger partial charge on any atom is -0.444 e. The number of carbonyl (C=O) groups excluding carboxylic acids is 2. The third-order valence-corrected chi connectivity index (χ3v) is 3.83. The zero-order chi connectivity index (χ0) is 19.8. The summed E-state index contributed by atoms with van der Waals surface area (Å²) in [5.74, 6) is 0. The largest absolute Gasteiger partial charge is 0.516 e. The number of alkyl carbamates (subject to hydrolysis) is 1. The summed E-state index contributed by atoms with van der Waals surface area (Å²) < 4.78 is 15.8. The Morgan fingerprint density at radius 3 is 2.31 bits per heavy atom. The van der Waals surface area contributed by atoms with Crippen LogP contribution in [0.3, 0.4) is 0 Å². The van der Waals surface area contributed by atoms with E-state index in [1.807, 2.05) is 30.3 Å². The molecule has 0 spiro atoms. The van der Waals surface area contributed by atoms with Crippen LogP contribution in [0, 0.1) is 0 Å². The fraction of sp³-hybridized carbons (Fsp3) is 0.579. The molecule has 26 heavy (non-hydrogen) atoms. The van der Waals surface area contributed by atoms with E-state index in [0.717, 1.165) is 5.56 Å². The lowest BCUT2D eigenvalue weighted by Gasteiger charge is -2.33. The van der Waals surface area contributed by atoms with Gasteiger partial charge < -0.3 is 19.5 Å². The molecule has 0 radical (unpaired) electrons. The topological polar surface area (TPSA) is 73.9 Å². The Balaban J connectivity index is 2.66. The van der Waals surface area contributed by atoms with Crippen LogP contribution < -0.4 is 5.32 Å². The summed E-state index contributed by atoms with van der Waals surface area (Å²) in [6.07, 6.45) is -0.932. The summed E-state index contributed by atoms with van der Waals surface area (Å²) in [5, 5.41) is 2.69. The highest BCUT2D eigenvalue weighted by molar-refractivity contribution is 5.67. The zero-order valence-electron chi connectivity index (χ0n) is 16.6. The summed E-state index contributed by atoms with van der Waals surface area (Å²) in [6.45, 7) is 6.07. The Hall–Kier alpha value is -2.12. The number of methoxy groups -OCH3 is 1. The first-order chi connectivity index (χ1) is 12.1. The van der Waals surface area contributed by atoms with Crippen molar-refractivity contribution >= 4 is 12.2 Å². The van der Waals surface area contributed by atoms with Gasteiger partial charge in [-0.3, -0.25) is 0 Å². The normalized spacial score (nSPS) is 13.0. The average molecular weight is 367 g/mol. The molecular weight excluding hydrogens is 336 g/mol. The number of hydrogen-bond donors (Lipinski definition) is 1. The van der Waals surface area contributed by atoms with E-state index < -0.39 is 17.8 Å². The third-order valence-electron chi connectivity index (χ3n) is 3.83. The van der Waals surface area contributed by atoms with Crippen molar-refractivity contribution in [3.63, 3.8) is 0 Å². The van der Waals surface area contributed by atoms with Gasteiger partial charge in [-0.15, -0.1) is 0 Å². The summed E-state index contributed by atoms with van der Waals surface area (Å²) in [4.78, 5) is 24.5. The summed E-state index contributed by atoms with van der Waals surface area (Å²) in [6, 6.07) is 9.15. The molecule has 0 aliphatic heterocycles. The molecule has 1 rings (SSSR count). The van der Waals surface area contributed by atoms with Gasteiger partial charge >= 0.3 is 12.2 Å². The number of rotatable bonds is 7. The molecule has 146 valence electrons. The molecule has 7 nitrogen and oxygen atoms in total. The van der Waals surface area contributed by atoms with Crippen LogP contribution in [0.25, 0.3) is 0 Å².